The van der Waals surface area contributed by atoms with Gasteiger partial charge in [0.2, 0.25) is 5.91 Å². The standard InChI is InChI=1S/C25H23NO4/c1-28-22-13-16-11-12-26(15-17(16)14-23(22)29-2)25(27)24-18-7-3-5-9-20(18)30-21-10-6-4-8-19(21)24/h3-10,13-14,24H,11-12,15H2,1-2H3. The summed E-state index contributed by atoms with van der Waals surface area (Å²) in [6.07, 6.45) is 0.786. The number of nitrogens with zero attached hydrogens (tertiary/aromatic N) is 1. The maximum Gasteiger partial charge on any atom is 0.235 e. The molecular formula is C25H23NO4. The third-order valence-corrected chi connectivity index (χ3v) is 5.96. The summed E-state index contributed by atoms with van der Waals surface area (Å²) in [5.74, 6) is 2.64. The fraction of sp³-hybridized carbons (Fsp3) is 0.240. The van der Waals surface area contributed by atoms with Crippen LogP contribution in [0.25, 0.3) is 0 Å². The van der Waals surface area contributed by atoms with Gasteiger partial charge in [-0.25, -0.2) is 0 Å². The number of methoxy groups -OCH3 is 2. The van der Waals surface area contributed by atoms with Crippen molar-refractivity contribution in [1.29, 1.82) is 0 Å². The van der Waals surface area contributed by atoms with E-state index in [-0.39, 0.29) is 11.8 Å². The van der Waals surface area contributed by atoms with E-state index in [1.165, 1.54) is 5.56 Å². The van der Waals surface area contributed by atoms with Crippen molar-refractivity contribution < 1.29 is 19.0 Å². The third-order valence-electron chi connectivity index (χ3n) is 5.96. The van der Waals surface area contributed by atoms with E-state index in [4.69, 9.17) is 14.2 Å². The van der Waals surface area contributed by atoms with E-state index in [2.05, 4.69) is 0 Å². The second-order valence-corrected chi connectivity index (χ2v) is 7.60. The summed E-state index contributed by atoms with van der Waals surface area (Å²) in [5.41, 5.74) is 4.13. The minimum Gasteiger partial charge on any atom is -0.493 e. The Morgan fingerprint density at radius 2 is 1.47 bits per heavy atom. The molecule has 2 aliphatic rings. The molecule has 0 N–H and O–H groups in total. The second kappa shape index (κ2) is 7.41. The molecule has 2 heterocycles. The minimum absolute atomic E-state index is 0.0960. The van der Waals surface area contributed by atoms with Crippen molar-refractivity contribution in [1.82, 2.24) is 4.90 Å². The summed E-state index contributed by atoms with van der Waals surface area (Å²) in [7, 11) is 3.27. The average Bonchev–Trinajstić information content (AvgIpc) is 2.80. The first-order chi connectivity index (χ1) is 14.7. The molecule has 0 saturated carbocycles. The van der Waals surface area contributed by atoms with Crippen molar-refractivity contribution >= 4 is 5.91 Å². The van der Waals surface area contributed by atoms with Gasteiger partial charge in [0.05, 0.1) is 20.1 Å². The molecule has 5 heteroatoms. The molecule has 0 aliphatic carbocycles. The number of amides is 1. The van der Waals surface area contributed by atoms with Gasteiger partial charge >= 0.3 is 0 Å². The molecule has 5 rings (SSSR count). The summed E-state index contributed by atoms with van der Waals surface area (Å²) in [5, 5.41) is 0. The van der Waals surface area contributed by atoms with Crippen LogP contribution in [0.5, 0.6) is 23.0 Å². The van der Waals surface area contributed by atoms with Crippen LogP contribution in [0, 0.1) is 0 Å². The summed E-state index contributed by atoms with van der Waals surface area (Å²) in [4.78, 5) is 15.7. The number of ether oxygens (including phenoxy) is 3. The molecule has 1 amide bonds. The lowest BCUT2D eigenvalue weighted by molar-refractivity contribution is -0.133. The number of hydrogen-bond donors (Lipinski definition) is 0. The first-order valence-corrected chi connectivity index (χ1v) is 10.1. The van der Waals surface area contributed by atoms with Gasteiger partial charge in [-0.15, -0.1) is 0 Å². The number of para-hydroxylation sites is 2. The molecule has 0 spiro atoms. The van der Waals surface area contributed by atoms with Gasteiger partial charge in [0, 0.05) is 24.2 Å². The molecule has 152 valence electrons. The first kappa shape index (κ1) is 18.6. The zero-order valence-electron chi connectivity index (χ0n) is 17.1. The van der Waals surface area contributed by atoms with E-state index in [0.717, 1.165) is 40.4 Å². The largest absolute Gasteiger partial charge is 0.493 e. The Bertz CT molecular complexity index is 1080. The molecule has 3 aromatic carbocycles. The van der Waals surface area contributed by atoms with Crippen LogP contribution < -0.4 is 14.2 Å². The topological polar surface area (TPSA) is 48.0 Å². The van der Waals surface area contributed by atoms with Gasteiger partial charge in [0.25, 0.3) is 0 Å². The van der Waals surface area contributed by atoms with Crippen molar-refractivity contribution in [2.45, 2.75) is 18.9 Å². The van der Waals surface area contributed by atoms with E-state index in [1.54, 1.807) is 14.2 Å². The Labute approximate surface area is 175 Å². The van der Waals surface area contributed by atoms with Gasteiger partial charge in [0.1, 0.15) is 11.5 Å². The number of carbonyl (C=O) groups excluding carboxylic acids is 1. The van der Waals surface area contributed by atoms with Crippen LogP contribution in [0.15, 0.2) is 60.7 Å². The van der Waals surface area contributed by atoms with Crippen LogP contribution in [0.2, 0.25) is 0 Å². The van der Waals surface area contributed by atoms with Gasteiger partial charge < -0.3 is 19.1 Å². The molecule has 5 nitrogen and oxygen atoms in total. The van der Waals surface area contributed by atoms with Gasteiger partial charge in [-0.2, -0.15) is 0 Å². The van der Waals surface area contributed by atoms with Crippen molar-refractivity contribution in [3.05, 3.63) is 82.9 Å². The Morgan fingerprint density at radius 3 is 2.07 bits per heavy atom. The second-order valence-electron chi connectivity index (χ2n) is 7.60. The summed E-state index contributed by atoms with van der Waals surface area (Å²) in [6, 6.07) is 19.6. The van der Waals surface area contributed by atoms with Gasteiger partial charge in [-0.05, 0) is 41.8 Å². The summed E-state index contributed by atoms with van der Waals surface area (Å²) >= 11 is 0. The Balaban J connectivity index is 1.51. The van der Waals surface area contributed by atoms with Crippen molar-refractivity contribution in [3.8, 4) is 23.0 Å². The number of fused-ring (bicyclic) bond motifs is 3. The molecular weight excluding hydrogens is 378 g/mol. The highest BCUT2D eigenvalue weighted by molar-refractivity contribution is 5.90. The molecule has 0 saturated heterocycles. The van der Waals surface area contributed by atoms with Gasteiger partial charge in [-0.1, -0.05) is 36.4 Å². The normalized spacial score (nSPS) is 14.8. The van der Waals surface area contributed by atoms with E-state index in [1.807, 2.05) is 65.6 Å². The van der Waals surface area contributed by atoms with Crippen LogP contribution in [0.1, 0.15) is 28.2 Å². The lowest BCUT2D eigenvalue weighted by Gasteiger charge is -2.35. The number of benzene rings is 3. The number of carbonyl (C=O) groups is 1. The number of rotatable bonds is 3. The monoisotopic (exact) mass is 401 g/mol. The number of hydrogen-bond acceptors (Lipinski definition) is 4. The molecule has 0 fully saturated rings. The maximum atomic E-state index is 13.8. The van der Waals surface area contributed by atoms with E-state index < -0.39 is 0 Å². The molecule has 2 aliphatic heterocycles. The highest BCUT2D eigenvalue weighted by Gasteiger charge is 2.36. The van der Waals surface area contributed by atoms with Crippen LogP contribution in [-0.2, 0) is 17.8 Å². The molecule has 0 radical (unpaired) electrons. The van der Waals surface area contributed by atoms with Crippen LogP contribution in [-0.4, -0.2) is 31.6 Å². The molecule has 0 atom stereocenters. The van der Waals surface area contributed by atoms with Crippen molar-refractivity contribution in [2.75, 3.05) is 20.8 Å². The molecule has 0 unspecified atom stereocenters. The minimum atomic E-state index is -0.368. The lowest BCUT2D eigenvalue weighted by Crippen LogP contribution is -2.40. The third kappa shape index (κ3) is 2.98. The SMILES string of the molecule is COc1cc2c(cc1OC)CN(C(=O)C1c3ccccc3Oc3ccccc31)CC2. The first-order valence-electron chi connectivity index (χ1n) is 10.1. The highest BCUT2D eigenvalue weighted by atomic mass is 16.5. The van der Waals surface area contributed by atoms with Crippen LogP contribution in [0.3, 0.4) is 0 Å². The molecule has 30 heavy (non-hydrogen) atoms. The van der Waals surface area contributed by atoms with Crippen LogP contribution in [0.4, 0.5) is 0 Å². The maximum absolute atomic E-state index is 13.8. The summed E-state index contributed by atoms with van der Waals surface area (Å²) < 4.78 is 16.9. The van der Waals surface area contributed by atoms with Crippen molar-refractivity contribution in [3.63, 3.8) is 0 Å². The smallest absolute Gasteiger partial charge is 0.235 e. The predicted octanol–water partition coefficient (Wildman–Crippen LogP) is 4.53. The van der Waals surface area contributed by atoms with Crippen LogP contribution >= 0.6 is 0 Å². The summed E-state index contributed by atoms with van der Waals surface area (Å²) in [6.45, 7) is 1.22. The van der Waals surface area contributed by atoms with E-state index in [9.17, 15) is 4.79 Å². The Morgan fingerprint density at radius 1 is 0.900 bits per heavy atom. The predicted molar refractivity (Wildman–Crippen MR) is 113 cm³/mol. The van der Waals surface area contributed by atoms with Crippen molar-refractivity contribution in [2.24, 2.45) is 0 Å². The fourth-order valence-electron chi connectivity index (χ4n) is 4.43. The van der Waals surface area contributed by atoms with E-state index in [0.29, 0.717) is 18.8 Å². The van der Waals surface area contributed by atoms with E-state index >= 15 is 0 Å². The quantitative estimate of drug-likeness (QED) is 0.647. The highest BCUT2D eigenvalue weighted by Crippen LogP contribution is 2.45. The lowest BCUT2D eigenvalue weighted by atomic mass is 9.86. The fourth-order valence-corrected chi connectivity index (χ4v) is 4.43. The molecule has 0 aromatic heterocycles. The molecule has 3 aromatic rings. The zero-order valence-corrected chi connectivity index (χ0v) is 17.1. The molecule has 0 bridgehead atoms. The average molecular weight is 401 g/mol. The van der Waals surface area contributed by atoms with Gasteiger partial charge in [0.15, 0.2) is 11.5 Å². The van der Waals surface area contributed by atoms with Gasteiger partial charge in [-0.3, -0.25) is 4.79 Å². The Kier molecular flexibility index (Phi) is 4.58. The zero-order chi connectivity index (χ0) is 20.7. The Hall–Kier alpha value is -3.47.